The first-order valence-corrected chi connectivity index (χ1v) is 10.5. The normalized spacial score (nSPS) is 17.8. The van der Waals surface area contributed by atoms with Crippen LogP contribution in [0.5, 0.6) is 0 Å². The molecule has 6 rings (SSSR count). The van der Waals surface area contributed by atoms with Crippen molar-refractivity contribution < 1.29 is 4.42 Å². The van der Waals surface area contributed by atoms with Crippen LogP contribution in [0, 0.1) is 0 Å². The SMILES string of the molecule is CC1=Cc2oc3ncccc3c2N(C)B1N1c2cccnc2N(c2ccccc2)[C@@H]1C. The maximum absolute atomic E-state index is 6.06. The highest BCUT2D eigenvalue weighted by atomic mass is 16.3. The summed E-state index contributed by atoms with van der Waals surface area (Å²) in [7, 11) is 2.13. The maximum atomic E-state index is 6.06. The molecule has 0 fully saturated rings. The zero-order valence-electron chi connectivity index (χ0n) is 17.7. The first kappa shape index (κ1) is 18.1. The number of nitrogens with zero attached hydrogens (tertiary/aromatic N) is 5. The van der Waals surface area contributed by atoms with Gasteiger partial charge in [-0.3, -0.25) is 0 Å². The summed E-state index contributed by atoms with van der Waals surface area (Å²) in [4.78, 5) is 16.2. The molecule has 6 nitrogen and oxygen atoms in total. The molecule has 0 aliphatic carbocycles. The van der Waals surface area contributed by atoms with Crippen molar-refractivity contribution in [3.63, 3.8) is 0 Å². The fraction of sp³-hybridized carbons (Fsp3) is 0.167. The lowest BCUT2D eigenvalue weighted by atomic mass is 9.61. The van der Waals surface area contributed by atoms with Crippen molar-refractivity contribution in [2.45, 2.75) is 20.0 Å². The number of fused-ring (bicyclic) bond motifs is 4. The molecule has 0 unspecified atom stereocenters. The fourth-order valence-electron chi connectivity index (χ4n) is 5.06. The molecule has 0 spiro atoms. The van der Waals surface area contributed by atoms with Crippen molar-refractivity contribution in [1.82, 2.24) is 9.97 Å². The number of aromatic nitrogens is 2. The van der Waals surface area contributed by atoms with E-state index >= 15 is 0 Å². The summed E-state index contributed by atoms with van der Waals surface area (Å²) in [5.41, 5.74) is 5.22. The van der Waals surface area contributed by atoms with E-state index in [9.17, 15) is 0 Å². The zero-order valence-corrected chi connectivity index (χ0v) is 17.7. The van der Waals surface area contributed by atoms with Crippen LogP contribution in [-0.2, 0) is 0 Å². The third-order valence-electron chi connectivity index (χ3n) is 6.30. The third-order valence-corrected chi connectivity index (χ3v) is 6.30. The fourth-order valence-corrected chi connectivity index (χ4v) is 5.06. The molecule has 3 aromatic heterocycles. The van der Waals surface area contributed by atoms with E-state index in [4.69, 9.17) is 9.40 Å². The summed E-state index contributed by atoms with van der Waals surface area (Å²) in [6, 6.07) is 18.7. The van der Waals surface area contributed by atoms with Gasteiger partial charge in [-0.25, -0.2) is 9.97 Å². The Morgan fingerprint density at radius 1 is 0.968 bits per heavy atom. The zero-order chi connectivity index (χ0) is 21.1. The molecule has 0 amide bonds. The van der Waals surface area contributed by atoms with Crippen LogP contribution in [0.15, 0.2) is 76.9 Å². The molecule has 2 aliphatic rings. The van der Waals surface area contributed by atoms with Gasteiger partial charge in [-0.1, -0.05) is 23.7 Å². The van der Waals surface area contributed by atoms with Crippen molar-refractivity contribution in [3.8, 4) is 0 Å². The topological polar surface area (TPSA) is 48.6 Å². The standard InChI is InChI=1S/C24H22BN5O/c1-16-15-21-22(19-11-7-14-27-24(19)31-21)28(3)25(16)30-17(2)29(18-9-5-4-6-10-18)23-20(30)12-8-13-26-23/h4-15,17H,1-3H3/t17-/m0/s1. The molecule has 0 saturated heterocycles. The van der Waals surface area contributed by atoms with E-state index in [1.165, 1.54) is 5.47 Å². The van der Waals surface area contributed by atoms with Gasteiger partial charge in [-0.2, -0.15) is 0 Å². The van der Waals surface area contributed by atoms with Crippen molar-refractivity contribution in [2.75, 3.05) is 21.6 Å². The van der Waals surface area contributed by atoms with Gasteiger partial charge in [-0.15, -0.1) is 0 Å². The lowest BCUT2D eigenvalue weighted by Crippen LogP contribution is -2.58. The van der Waals surface area contributed by atoms with Crippen LogP contribution in [0.4, 0.5) is 22.9 Å². The van der Waals surface area contributed by atoms with Crippen molar-refractivity contribution in [3.05, 3.63) is 78.2 Å². The molecule has 152 valence electrons. The molecule has 31 heavy (non-hydrogen) atoms. The minimum atomic E-state index is 0.0279. The predicted molar refractivity (Wildman–Crippen MR) is 127 cm³/mol. The summed E-state index contributed by atoms with van der Waals surface area (Å²) in [6.07, 6.45) is 5.87. The van der Waals surface area contributed by atoms with Gasteiger partial charge in [0.2, 0.25) is 5.71 Å². The Balaban J connectivity index is 1.50. The Kier molecular flexibility index (Phi) is 3.87. The lowest BCUT2D eigenvalue weighted by molar-refractivity contribution is 0.591. The van der Waals surface area contributed by atoms with E-state index in [1.807, 2.05) is 24.4 Å². The van der Waals surface area contributed by atoms with Gasteiger partial charge in [0.25, 0.3) is 0 Å². The summed E-state index contributed by atoms with van der Waals surface area (Å²) in [6.45, 7) is 4.43. The van der Waals surface area contributed by atoms with Crippen molar-refractivity contribution in [2.24, 2.45) is 0 Å². The van der Waals surface area contributed by atoms with Crippen LogP contribution in [0.1, 0.15) is 19.6 Å². The van der Waals surface area contributed by atoms with E-state index < -0.39 is 0 Å². The number of furan rings is 1. The molecule has 1 aromatic carbocycles. The van der Waals surface area contributed by atoms with E-state index in [-0.39, 0.29) is 13.1 Å². The van der Waals surface area contributed by atoms with Gasteiger partial charge < -0.3 is 18.9 Å². The van der Waals surface area contributed by atoms with Gasteiger partial charge in [0.05, 0.1) is 22.9 Å². The number of para-hydroxylation sites is 1. The van der Waals surface area contributed by atoms with Crippen LogP contribution < -0.4 is 14.5 Å². The van der Waals surface area contributed by atoms with Gasteiger partial charge in [0.1, 0.15) is 0 Å². The molecule has 0 N–H and O–H groups in total. The summed E-state index contributed by atoms with van der Waals surface area (Å²) < 4.78 is 6.06. The molecule has 7 heteroatoms. The molecule has 4 aromatic rings. The molecule has 2 aliphatic heterocycles. The monoisotopic (exact) mass is 407 g/mol. The molecular weight excluding hydrogens is 385 g/mol. The number of rotatable bonds is 2. The number of allylic oxidation sites excluding steroid dienone is 1. The van der Waals surface area contributed by atoms with E-state index in [1.54, 1.807) is 6.20 Å². The Labute approximate surface area is 181 Å². The summed E-state index contributed by atoms with van der Waals surface area (Å²) >= 11 is 0. The average Bonchev–Trinajstić information content (AvgIpc) is 3.29. The predicted octanol–water partition coefficient (Wildman–Crippen LogP) is 5.11. The second kappa shape index (κ2) is 6.64. The number of hydrogen-bond donors (Lipinski definition) is 0. The Morgan fingerprint density at radius 3 is 2.58 bits per heavy atom. The number of benzene rings is 1. The Bertz CT molecular complexity index is 1320. The molecule has 5 heterocycles. The molecule has 0 bridgehead atoms. The van der Waals surface area contributed by atoms with Gasteiger partial charge in [-0.05, 0) is 63.4 Å². The van der Waals surface area contributed by atoms with Crippen molar-refractivity contribution in [1.29, 1.82) is 0 Å². The average molecular weight is 407 g/mol. The second-order valence-electron chi connectivity index (χ2n) is 8.13. The van der Waals surface area contributed by atoms with Gasteiger partial charge >= 0.3 is 6.98 Å². The highest BCUT2D eigenvalue weighted by molar-refractivity contribution is 6.76. The largest absolute Gasteiger partial charge is 0.436 e. The highest BCUT2D eigenvalue weighted by Crippen LogP contribution is 2.46. The first-order chi connectivity index (χ1) is 15.1. The lowest BCUT2D eigenvalue weighted by Gasteiger charge is -2.40. The third kappa shape index (κ3) is 2.52. The number of pyridine rings is 2. The van der Waals surface area contributed by atoms with Gasteiger partial charge in [0, 0.05) is 18.1 Å². The summed E-state index contributed by atoms with van der Waals surface area (Å²) in [5.74, 6) is 1.84. The van der Waals surface area contributed by atoms with Crippen LogP contribution in [0.2, 0.25) is 0 Å². The van der Waals surface area contributed by atoms with Crippen molar-refractivity contribution >= 4 is 47.0 Å². The quantitative estimate of drug-likeness (QED) is 0.431. The molecular formula is C24H22BN5O. The van der Waals surface area contributed by atoms with Crippen LogP contribution in [0.25, 0.3) is 17.2 Å². The Morgan fingerprint density at radius 2 is 1.74 bits per heavy atom. The van der Waals surface area contributed by atoms with E-state index in [2.05, 4.69) is 82.9 Å². The van der Waals surface area contributed by atoms with Crippen LogP contribution >= 0.6 is 0 Å². The maximum Gasteiger partial charge on any atom is 0.408 e. The smallest absolute Gasteiger partial charge is 0.408 e. The van der Waals surface area contributed by atoms with E-state index in [0.717, 1.165) is 34.0 Å². The van der Waals surface area contributed by atoms with Crippen LogP contribution in [-0.4, -0.2) is 30.2 Å². The van der Waals surface area contributed by atoms with Crippen LogP contribution in [0.3, 0.4) is 0 Å². The number of anilines is 4. The molecule has 1 atom stereocenters. The summed E-state index contributed by atoms with van der Waals surface area (Å²) in [5, 5.41) is 1.03. The Hall–Kier alpha value is -3.74. The van der Waals surface area contributed by atoms with Gasteiger partial charge in [0.15, 0.2) is 11.6 Å². The minimum Gasteiger partial charge on any atom is -0.436 e. The first-order valence-electron chi connectivity index (χ1n) is 10.5. The second-order valence-corrected chi connectivity index (χ2v) is 8.13. The minimum absolute atomic E-state index is 0.0279. The highest BCUT2D eigenvalue weighted by Gasteiger charge is 2.46. The number of hydrogen-bond acceptors (Lipinski definition) is 6. The molecule has 0 saturated carbocycles. The van der Waals surface area contributed by atoms with E-state index in [0.29, 0.717) is 5.71 Å². The molecule has 0 radical (unpaired) electrons.